The first-order chi connectivity index (χ1) is 17.6. The van der Waals surface area contributed by atoms with Crippen molar-refractivity contribution < 1.29 is 19.1 Å². The molecule has 1 fully saturated rings. The monoisotopic (exact) mass is 515 g/mol. The normalized spacial score (nSPS) is 14.6. The van der Waals surface area contributed by atoms with Crippen LogP contribution in [0.15, 0.2) is 95.9 Å². The van der Waals surface area contributed by atoms with Gasteiger partial charge >= 0.3 is 0 Å². The van der Waals surface area contributed by atoms with Crippen molar-refractivity contribution in [3.63, 3.8) is 0 Å². The van der Waals surface area contributed by atoms with E-state index in [0.29, 0.717) is 28.0 Å². The molecule has 0 radical (unpaired) electrons. The van der Waals surface area contributed by atoms with Crippen LogP contribution in [-0.4, -0.2) is 29.2 Å². The van der Waals surface area contributed by atoms with E-state index in [4.69, 9.17) is 21.1 Å². The number of rotatable bonds is 8. The molecular formula is C29H22ClNO4S. The standard InChI is InChI=1S/C29H22ClNO4S/c30-24-11-13-25(14-12-24)34-16-15-31-28(32)27(36-29(31)33)18-23-7-3-4-8-26(23)35-19-20-9-10-21-5-1-2-6-22(21)17-20/h1-14,17-18H,15-16,19H2/b27-18-. The molecule has 1 saturated heterocycles. The van der Waals surface area contributed by atoms with E-state index in [1.165, 1.54) is 10.3 Å². The highest BCUT2D eigenvalue weighted by Crippen LogP contribution is 2.34. The van der Waals surface area contributed by atoms with Crippen LogP contribution in [0, 0.1) is 0 Å². The first-order valence-corrected chi connectivity index (χ1v) is 12.6. The van der Waals surface area contributed by atoms with Crippen LogP contribution >= 0.6 is 23.4 Å². The van der Waals surface area contributed by atoms with E-state index < -0.39 is 0 Å². The summed E-state index contributed by atoms with van der Waals surface area (Å²) in [4.78, 5) is 27.0. The van der Waals surface area contributed by atoms with Crippen molar-refractivity contribution in [1.82, 2.24) is 4.90 Å². The fourth-order valence-corrected chi connectivity index (χ4v) is 4.82. The first kappa shape index (κ1) is 24.0. The highest BCUT2D eigenvalue weighted by atomic mass is 35.5. The van der Waals surface area contributed by atoms with E-state index in [0.717, 1.165) is 28.3 Å². The molecule has 0 spiro atoms. The number of fused-ring (bicyclic) bond motifs is 1. The van der Waals surface area contributed by atoms with Crippen LogP contribution in [0.2, 0.25) is 5.02 Å². The Labute approximate surface area is 218 Å². The van der Waals surface area contributed by atoms with E-state index >= 15 is 0 Å². The van der Waals surface area contributed by atoms with Crippen molar-refractivity contribution in [2.75, 3.05) is 13.2 Å². The van der Waals surface area contributed by atoms with Gasteiger partial charge in [0.1, 0.15) is 24.7 Å². The van der Waals surface area contributed by atoms with Gasteiger partial charge in [0.2, 0.25) is 0 Å². The van der Waals surface area contributed by atoms with Gasteiger partial charge in [-0.25, -0.2) is 0 Å². The number of para-hydroxylation sites is 1. The smallest absolute Gasteiger partial charge is 0.293 e. The Bertz CT molecular complexity index is 1450. The van der Waals surface area contributed by atoms with Crippen molar-refractivity contribution in [2.45, 2.75) is 6.61 Å². The van der Waals surface area contributed by atoms with E-state index in [1.807, 2.05) is 42.5 Å². The summed E-state index contributed by atoms with van der Waals surface area (Å²) in [5.41, 5.74) is 1.78. The molecule has 180 valence electrons. The lowest BCUT2D eigenvalue weighted by Gasteiger charge is -2.13. The quantitative estimate of drug-likeness (QED) is 0.232. The van der Waals surface area contributed by atoms with Crippen molar-refractivity contribution >= 4 is 51.4 Å². The molecule has 7 heteroatoms. The lowest BCUT2D eigenvalue weighted by Crippen LogP contribution is -2.32. The predicted octanol–water partition coefficient (Wildman–Crippen LogP) is 7.19. The van der Waals surface area contributed by atoms with Gasteiger partial charge in [-0.3, -0.25) is 14.5 Å². The lowest BCUT2D eigenvalue weighted by atomic mass is 10.1. The zero-order valence-electron chi connectivity index (χ0n) is 19.2. The Kier molecular flexibility index (Phi) is 7.26. The van der Waals surface area contributed by atoms with Crippen molar-refractivity contribution in [3.05, 3.63) is 112 Å². The second-order valence-electron chi connectivity index (χ2n) is 8.14. The summed E-state index contributed by atoms with van der Waals surface area (Å²) in [6, 6.07) is 28.8. The molecule has 5 nitrogen and oxygen atoms in total. The summed E-state index contributed by atoms with van der Waals surface area (Å²) in [5.74, 6) is 0.928. The number of imide groups is 1. The summed E-state index contributed by atoms with van der Waals surface area (Å²) in [6.45, 7) is 0.738. The van der Waals surface area contributed by atoms with Crippen molar-refractivity contribution in [1.29, 1.82) is 0 Å². The third-order valence-corrected chi connectivity index (χ3v) is 6.84. The number of nitrogens with zero attached hydrogens (tertiary/aromatic N) is 1. The van der Waals surface area contributed by atoms with Gasteiger partial charge in [0.05, 0.1) is 11.4 Å². The Hall–Kier alpha value is -3.74. The van der Waals surface area contributed by atoms with Crippen LogP contribution in [0.25, 0.3) is 16.8 Å². The zero-order chi connectivity index (χ0) is 24.9. The minimum atomic E-state index is -0.339. The maximum absolute atomic E-state index is 12.9. The van der Waals surface area contributed by atoms with Gasteiger partial charge in [-0.05, 0) is 70.6 Å². The zero-order valence-corrected chi connectivity index (χ0v) is 20.8. The van der Waals surface area contributed by atoms with Gasteiger partial charge in [-0.1, -0.05) is 66.2 Å². The molecule has 5 rings (SSSR count). The summed E-state index contributed by atoms with van der Waals surface area (Å²) >= 11 is 6.80. The lowest BCUT2D eigenvalue weighted by molar-refractivity contribution is -0.123. The molecule has 0 aliphatic carbocycles. The molecule has 0 saturated carbocycles. The molecule has 0 atom stereocenters. The number of ether oxygens (including phenoxy) is 2. The molecular weight excluding hydrogens is 494 g/mol. The molecule has 4 aromatic carbocycles. The number of carbonyl (C=O) groups is 2. The van der Waals surface area contributed by atoms with Gasteiger partial charge in [-0.15, -0.1) is 0 Å². The highest BCUT2D eigenvalue weighted by molar-refractivity contribution is 8.18. The first-order valence-electron chi connectivity index (χ1n) is 11.4. The summed E-state index contributed by atoms with van der Waals surface area (Å²) < 4.78 is 11.7. The molecule has 1 heterocycles. The number of thioether (sulfide) groups is 1. The Balaban J connectivity index is 1.25. The Morgan fingerprint density at radius 3 is 2.42 bits per heavy atom. The Morgan fingerprint density at radius 1 is 0.833 bits per heavy atom. The maximum Gasteiger partial charge on any atom is 0.293 e. The van der Waals surface area contributed by atoms with Crippen LogP contribution in [0.5, 0.6) is 11.5 Å². The van der Waals surface area contributed by atoms with E-state index in [1.54, 1.807) is 30.3 Å². The molecule has 0 unspecified atom stereocenters. The number of amides is 2. The van der Waals surface area contributed by atoms with Crippen LogP contribution in [0.1, 0.15) is 11.1 Å². The van der Waals surface area contributed by atoms with Gasteiger partial charge in [0, 0.05) is 10.6 Å². The van der Waals surface area contributed by atoms with Crippen LogP contribution in [0.4, 0.5) is 4.79 Å². The summed E-state index contributed by atoms with van der Waals surface area (Å²) in [5, 5.41) is 2.62. The number of hydrogen-bond acceptors (Lipinski definition) is 5. The Morgan fingerprint density at radius 2 is 1.58 bits per heavy atom. The van der Waals surface area contributed by atoms with Gasteiger partial charge in [0.15, 0.2) is 0 Å². The SMILES string of the molecule is O=C1S/C(=C\c2ccccc2OCc2ccc3ccccc3c2)C(=O)N1CCOc1ccc(Cl)cc1. The minimum Gasteiger partial charge on any atom is -0.492 e. The van der Waals surface area contributed by atoms with Crippen molar-refractivity contribution in [2.24, 2.45) is 0 Å². The number of carbonyl (C=O) groups excluding carboxylic acids is 2. The highest BCUT2D eigenvalue weighted by Gasteiger charge is 2.35. The number of hydrogen-bond donors (Lipinski definition) is 0. The summed E-state index contributed by atoms with van der Waals surface area (Å²) in [7, 11) is 0. The van der Waals surface area contributed by atoms with Crippen LogP contribution in [0.3, 0.4) is 0 Å². The van der Waals surface area contributed by atoms with Crippen molar-refractivity contribution in [3.8, 4) is 11.5 Å². The summed E-state index contributed by atoms with van der Waals surface area (Å²) in [6.07, 6.45) is 1.71. The van der Waals surface area contributed by atoms with Gasteiger partial charge < -0.3 is 9.47 Å². The van der Waals surface area contributed by atoms with Gasteiger partial charge in [-0.2, -0.15) is 0 Å². The fraction of sp³-hybridized carbons (Fsp3) is 0.103. The van der Waals surface area contributed by atoms with Crippen LogP contribution < -0.4 is 9.47 Å². The molecule has 0 N–H and O–H groups in total. The molecule has 36 heavy (non-hydrogen) atoms. The molecule has 1 aliphatic rings. The molecule has 4 aromatic rings. The fourth-order valence-electron chi connectivity index (χ4n) is 3.84. The molecule has 2 amide bonds. The maximum atomic E-state index is 12.9. The van der Waals surface area contributed by atoms with E-state index in [2.05, 4.69) is 24.3 Å². The molecule has 1 aliphatic heterocycles. The minimum absolute atomic E-state index is 0.157. The average molecular weight is 516 g/mol. The number of halogens is 1. The second-order valence-corrected chi connectivity index (χ2v) is 9.57. The molecule has 0 bridgehead atoms. The third-order valence-electron chi connectivity index (χ3n) is 5.68. The van der Waals surface area contributed by atoms with E-state index in [9.17, 15) is 9.59 Å². The van der Waals surface area contributed by atoms with Gasteiger partial charge in [0.25, 0.3) is 11.1 Å². The third kappa shape index (κ3) is 5.56. The second kappa shape index (κ2) is 10.9. The number of benzene rings is 4. The average Bonchev–Trinajstić information content (AvgIpc) is 3.16. The van der Waals surface area contributed by atoms with E-state index in [-0.39, 0.29) is 24.3 Å². The molecule has 0 aromatic heterocycles. The topological polar surface area (TPSA) is 55.8 Å². The predicted molar refractivity (Wildman–Crippen MR) is 144 cm³/mol. The van der Waals surface area contributed by atoms with Crippen LogP contribution in [-0.2, 0) is 11.4 Å². The largest absolute Gasteiger partial charge is 0.492 e.